The number of aromatic nitrogens is 1. The molecule has 0 aliphatic heterocycles. The van der Waals surface area contributed by atoms with Crippen molar-refractivity contribution in [2.24, 2.45) is 11.0 Å². The number of halogens is 2. The van der Waals surface area contributed by atoms with Gasteiger partial charge in [0.15, 0.2) is 0 Å². The Morgan fingerprint density at radius 1 is 1.18 bits per heavy atom. The number of amides is 2. The van der Waals surface area contributed by atoms with Gasteiger partial charge in [-0.15, -0.1) is 0 Å². The van der Waals surface area contributed by atoms with Crippen molar-refractivity contribution in [2.45, 2.75) is 26.3 Å². The van der Waals surface area contributed by atoms with E-state index in [1.807, 2.05) is 56.4 Å². The molecule has 180 valence electrons. The standard InChI is InChI=1S/C24H26Br2N4O4/c1-14(2)13-34-24(32)29-21(10-16-12-27-20-7-5-4-6-17(16)20)23(31)30-28-11-15-8-18(25)22(33-3)19(26)9-15/h4-9,11-12,14,21,27H,10,13H2,1-3H3,(H,29,32)(H,30,31)/b28-11-/t21-/m1/s1. The summed E-state index contributed by atoms with van der Waals surface area (Å²) in [6.45, 7) is 4.13. The molecule has 34 heavy (non-hydrogen) atoms. The number of carbonyl (C=O) groups is 2. The fourth-order valence-corrected chi connectivity index (χ4v) is 4.80. The highest BCUT2D eigenvalue weighted by Gasteiger charge is 2.23. The van der Waals surface area contributed by atoms with Crippen molar-refractivity contribution >= 4 is 61.0 Å². The SMILES string of the molecule is COc1c(Br)cc(/C=N\NC(=O)[C@@H](Cc2c[nH]c3ccccc23)NC(=O)OCC(C)C)cc1Br. The highest BCUT2D eigenvalue weighted by molar-refractivity contribution is 9.11. The quantitative estimate of drug-likeness (QED) is 0.236. The zero-order chi connectivity index (χ0) is 24.7. The third-order valence-electron chi connectivity index (χ3n) is 4.87. The zero-order valence-electron chi connectivity index (χ0n) is 19.0. The van der Waals surface area contributed by atoms with Gasteiger partial charge in [0.25, 0.3) is 5.91 Å². The molecule has 1 heterocycles. The fourth-order valence-electron chi connectivity index (χ4n) is 3.25. The summed E-state index contributed by atoms with van der Waals surface area (Å²) in [7, 11) is 1.58. The van der Waals surface area contributed by atoms with Crippen LogP contribution in [0.2, 0.25) is 0 Å². The summed E-state index contributed by atoms with van der Waals surface area (Å²) in [6, 6.07) is 10.5. The van der Waals surface area contributed by atoms with Gasteiger partial charge in [-0.05, 0) is 67.1 Å². The van der Waals surface area contributed by atoms with Crippen molar-refractivity contribution in [2.75, 3.05) is 13.7 Å². The van der Waals surface area contributed by atoms with Gasteiger partial charge in [0, 0.05) is 23.5 Å². The predicted molar refractivity (Wildman–Crippen MR) is 139 cm³/mol. The number of hydrogen-bond donors (Lipinski definition) is 3. The second-order valence-electron chi connectivity index (χ2n) is 8.00. The van der Waals surface area contributed by atoms with Gasteiger partial charge >= 0.3 is 6.09 Å². The molecule has 0 radical (unpaired) electrons. The van der Waals surface area contributed by atoms with Gasteiger partial charge in [0.2, 0.25) is 0 Å². The number of aromatic amines is 1. The first-order valence-electron chi connectivity index (χ1n) is 10.6. The van der Waals surface area contributed by atoms with Crippen LogP contribution in [0.15, 0.2) is 56.6 Å². The summed E-state index contributed by atoms with van der Waals surface area (Å²) in [5.41, 5.74) is 5.10. The molecule has 2 aromatic carbocycles. The molecular weight excluding hydrogens is 568 g/mol. The van der Waals surface area contributed by atoms with Crippen LogP contribution in [0, 0.1) is 5.92 Å². The van der Waals surface area contributed by atoms with Crippen LogP contribution in [0.1, 0.15) is 25.0 Å². The van der Waals surface area contributed by atoms with Crippen molar-refractivity contribution in [3.63, 3.8) is 0 Å². The second kappa shape index (κ2) is 12.0. The smallest absolute Gasteiger partial charge is 0.407 e. The molecule has 0 saturated heterocycles. The van der Waals surface area contributed by atoms with Crippen LogP contribution in [-0.2, 0) is 16.0 Å². The van der Waals surface area contributed by atoms with Crippen molar-refractivity contribution in [1.82, 2.24) is 15.7 Å². The van der Waals surface area contributed by atoms with Crippen LogP contribution in [0.25, 0.3) is 10.9 Å². The van der Waals surface area contributed by atoms with Gasteiger partial charge < -0.3 is 19.8 Å². The molecule has 0 fully saturated rings. The van der Waals surface area contributed by atoms with Crippen molar-refractivity contribution in [3.8, 4) is 5.75 Å². The van der Waals surface area contributed by atoms with E-state index >= 15 is 0 Å². The van der Waals surface area contributed by atoms with E-state index in [1.54, 1.807) is 7.11 Å². The number of para-hydroxylation sites is 1. The Hall–Kier alpha value is -2.85. The molecule has 3 N–H and O–H groups in total. The lowest BCUT2D eigenvalue weighted by Crippen LogP contribution is -2.47. The molecule has 1 aromatic heterocycles. The van der Waals surface area contributed by atoms with Crippen molar-refractivity contribution < 1.29 is 19.1 Å². The number of ether oxygens (including phenoxy) is 2. The lowest BCUT2D eigenvalue weighted by molar-refractivity contribution is -0.123. The number of rotatable bonds is 9. The highest BCUT2D eigenvalue weighted by Crippen LogP contribution is 2.33. The minimum Gasteiger partial charge on any atom is -0.494 e. The normalized spacial score (nSPS) is 12.2. The molecular formula is C24H26Br2N4O4. The predicted octanol–water partition coefficient (Wildman–Crippen LogP) is 5.15. The average Bonchev–Trinajstić information content (AvgIpc) is 3.20. The topological polar surface area (TPSA) is 105 Å². The van der Waals surface area contributed by atoms with Crippen LogP contribution in [0.3, 0.4) is 0 Å². The van der Waals surface area contributed by atoms with Gasteiger partial charge in [0.05, 0.1) is 28.9 Å². The Balaban J connectivity index is 1.74. The summed E-state index contributed by atoms with van der Waals surface area (Å²) in [5, 5.41) is 7.71. The van der Waals surface area contributed by atoms with Gasteiger partial charge in [-0.25, -0.2) is 10.2 Å². The number of hydrazone groups is 1. The summed E-state index contributed by atoms with van der Waals surface area (Å²) in [5.74, 6) is 0.373. The first-order valence-corrected chi connectivity index (χ1v) is 12.2. The molecule has 0 spiro atoms. The average molecular weight is 594 g/mol. The number of alkyl carbamates (subject to hydrolysis) is 1. The van der Waals surface area contributed by atoms with Crippen LogP contribution in [-0.4, -0.2) is 43.0 Å². The molecule has 0 aliphatic rings. The lowest BCUT2D eigenvalue weighted by atomic mass is 10.0. The third kappa shape index (κ3) is 6.83. The van der Waals surface area contributed by atoms with Gasteiger partial charge in [-0.2, -0.15) is 5.10 Å². The zero-order valence-corrected chi connectivity index (χ0v) is 22.2. The van der Waals surface area contributed by atoms with Crippen LogP contribution >= 0.6 is 31.9 Å². The Kier molecular flexibility index (Phi) is 9.12. The van der Waals surface area contributed by atoms with Crippen LogP contribution in [0.5, 0.6) is 5.75 Å². The maximum atomic E-state index is 13.0. The van der Waals surface area contributed by atoms with E-state index in [0.717, 1.165) is 31.0 Å². The van der Waals surface area contributed by atoms with E-state index in [1.165, 1.54) is 6.21 Å². The van der Waals surface area contributed by atoms with E-state index < -0.39 is 18.0 Å². The molecule has 3 aromatic rings. The molecule has 1 atom stereocenters. The monoisotopic (exact) mass is 592 g/mol. The molecule has 8 nitrogen and oxygen atoms in total. The minimum absolute atomic E-state index is 0.180. The third-order valence-corrected chi connectivity index (χ3v) is 6.05. The van der Waals surface area contributed by atoms with Gasteiger partial charge in [-0.3, -0.25) is 4.79 Å². The molecule has 0 unspecified atom stereocenters. The van der Waals surface area contributed by atoms with Crippen molar-refractivity contribution in [3.05, 3.63) is 62.7 Å². The molecule has 10 heteroatoms. The number of methoxy groups -OCH3 is 1. The number of hydrogen-bond acceptors (Lipinski definition) is 5. The second-order valence-corrected chi connectivity index (χ2v) is 9.71. The molecule has 0 aliphatic carbocycles. The van der Waals surface area contributed by atoms with Crippen molar-refractivity contribution in [1.29, 1.82) is 0 Å². The van der Waals surface area contributed by atoms with E-state index in [2.05, 4.69) is 52.7 Å². The van der Waals surface area contributed by atoms with Gasteiger partial charge in [0.1, 0.15) is 11.8 Å². The maximum Gasteiger partial charge on any atom is 0.407 e. The largest absolute Gasteiger partial charge is 0.494 e. The Morgan fingerprint density at radius 3 is 2.56 bits per heavy atom. The lowest BCUT2D eigenvalue weighted by Gasteiger charge is -2.17. The Bertz CT molecular complexity index is 1170. The number of fused-ring (bicyclic) bond motifs is 1. The van der Waals surface area contributed by atoms with Crippen LogP contribution < -0.4 is 15.5 Å². The first-order chi connectivity index (χ1) is 16.3. The fraction of sp³-hybridized carbons (Fsp3) is 0.292. The number of benzene rings is 2. The summed E-state index contributed by atoms with van der Waals surface area (Å²) >= 11 is 6.88. The summed E-state index contributed by atoms with van der Waals surface area (Å²) < 4.78 is 12.0. The Labute approximate surface area is 214 Å². The van der Waals surface area contributed by atoms with E-state index in [9.17, 15) is 9.59 Å². The molecule has 3 rings (SSSR count). The summed E-state index contributed by atoms with van der Waals surface area (Å²) in [6.07, 6.45) is 2.96. The first kappa shape index (κ1) is 25.8. The van der Waals surface area contributed by atoms with Crippen LogP contribution in [0.4, 0.5) is 4.79 Å². The Morgan fingerprint density at radius 2 is 1.88 bits per heavy atom. The minimum atomic E-state index is -0.884. The number of carbonyl (C=O) groups excluding carboxylic acids is 2. The molecule has 0 saturated carbocycles. The molecule has 0 bridgehead atoms. The van der Waals surface area contributed by atoms with E-state index in [0.29, 0.717) is 5.75 Å². The maximum absolute atomic E-state index is 13.0. The van der Waals surface area contributed by atoms with E-state index in [4.69, 9.17) is 9.47 Å². The summed E-state index contributed by atoms with van der Waals surface area (Å²) in [4.78, 5) is 28.4. The number of H-pyrrole nitrogens is 1. The number of nitrogens with zero attached hydrogens (tertiary/aromatic N) is 1. The van der Waals surface area contributed by atoms with E-state index in [-0.39, 0.29) is 18.9 Å². The van der Waals surface area contributed by atoms with Gasteiger partial charge in [-0.1, -0.05) is 32.0 Å². The molecule has 2 amide bonds. The number of nitrogens with one attached hydrogen (secondary N) is 3. The highest BCUT2D eigenvalue weighted by atomic mass is 79.9.